The lowest BCUT2D eigenvalue weighted by Crippen LogP contribution is -2.36. The third-order valence-corrected chi connectivity index (χ3v) is 8.15. The number of benzene rings is 1. The molecule has 0 amide bonds. The van der Waals surface area contributed by atoms with Gasteiger partial charge < -0.3 is 19.7 Å². The quantitative estimate of drug-likeness (QED) is 0.326. The molecule has 1 aromatic carbocycles. The van der Waals surface area contributed by atoms with Crippen molar-refractivity contribution in [2.75, 3.05) is 25.7 Å². The van der Waals surface area contributed by atoms with Gasteiger partial charge in [-0.05, 0) is 87.3 Å². The van der Waals surface area contributed by atoms with Gasteiger partial charge in [0.15, 0.2) is 17.4 Å². The zero-order valence-corrected chi connectivity index (χ0v) is 27.2. The number of ether oxygens (including phenoxy) is 2. The van der Waals surface area contributed by atoms with Crippen molar-refractivity contribution < 1.29 is 18.3 Å². The van der Waals surface area contributed by atoms with Crippen LogP contribution in [0.5, 0.6) is 5.75 Å². The number of aryl methyl sites for hydroxylation is 1. The second kappa shape index (κ2) is 14.8. The maximum atomic E-state index is 15.3. The summed E-state index contributed by atoms with van der Waals surface area (Å²) in [6.45, 7) is 21.1. The van der Waals surface area contributed by atoms with E-state index in [9.17, 15) is 0 Å². The van der Waals surface area contributed by atoms with Crippen molar-refractivity contribution in [1.29, 1.82) is 0 Å². The number of hydrogen-bond acceptors (Lipinski definition) is 6. The number of fused-ring (bicyclic) bond motifs is 2. The van der Waals surface area contributed by atoms with E-state index in [-0.39, 0.29) is 23.4 Å². The number of pyridine rings is 1. The van der Waals surface area contributed by atoms with E-state index in [0.717, 1.165) is 53.2 Å². The van der Waals surface area contributed by atoms with Crippen LogP contribution in [0.4, 0.5) is 14.5 Å². The average molecular weight is 595 g/mol. The van der Waals surface area contributed by atoms with Crippen LogP contribution in [0.1, 0.15) is 89.1 Å². The number of anilines is 1. The van der Waals surface area contributed by atoms with Crippen LogP contribution >= 0.6 is 0 Å². The van der Waals surface area contributed by atoms with Crippen molar-refractivity contribution >= 4 is 17.5 Å². The van der Waals surface area contributed by atoms with E-state index in [1.165, 1.54) is 32.4 Å². The van der Waals surface area contributed by atoms with Crippen LogP contribution in [0, 0.1) is 18.6 Å². The fraction of sp³-hybridized carbons (Fsp3) is 0.486. The third kappa shape index (κ3) is 7.18. The van der Waals surface area contributed by atoms with Gasteiger partial charge in [-0.3, -0.25) is 9.98 Å². The Balaban J connectivity index is 0.000000487. The zero-order valence-electron chi connectivity index (χ0n) is 27.2. The first-order valence-corrected chi connectivity index (χ1v) is 15.2. The molecule has 6 nitrogen and oxygen atoms in total. The predicted octanol–water partition coefficient (Wildman–Crippen LogP) is 8.40. The second-order valence-corrected chi connectivity index (χ2v) is 11.1. The Morgan fingerprint density at radius 1 is 1.26 bits per heavy atom. The van der Waals surface area contributed by atoms with Crippen molar-refractivity contribution in [1.82, 2.24) is 10.3 Å². The number of nitrogens with zero attached hydrogens (tertiary/aromatic N) is 3. The molecule has 1 saturated carbocycles. The van der Waals surface area contributed by atoms with Crippen molar-refractivity contribution in [2.24, 2.45) is 4.99 Å². The molecule has 234 valence electrons. The first-order chi connectivity index (χ1) is 20.6. The largest absolute Gasteiger partial charge is 0.494 e. The van der Waals surface area contributed by atoms with Crippen LogP contribution in [0.2, 0.25) is 0 Å². The zero-order chi connectivity index (χ0) is 31.9. The number of aliphatic imine (C=N–C) groups is 1. The summed E-state index contributed by atoms with van der Waals surface area (Å²) < 4.78 is 40.9. The average Bonchev–Trinajstić information content (AvgIpc) is 3.62. The van der Waals surface area contributed by atoms with Crippen molar-refractivity contribution in [2.45, 2.75) is 91.7 Å². The number of nitrogens with one attached hydrogen (secondary N) is 1. The van der Waals surface area contributed by atoms with E-state index in [1.807, 2.05) is 27.7 Å². The maximum Gasteiger partial charge on any atom is 0.191 e. The van der Waals surface area contributed by atoms with E-state index in [4.69, 9.17) is 9.47 Å². The molecule has 5 rings (SSSR count). The van der Waals surface area contributed by atoms with Gasteiger partial charge in [-0.25, -0.2) is 8.78 Å². The second-order valence-electron chi connectivity index (χ2n) is 11.1. The first kappa shape index (κ1) is 34.0. The van der Waals surface area contributed by atoms with E-state index in [0.29, 0.717) is 17.4 Å². The van der Waals surface area contributed by atoms with Gasteiger partial charge in [-0.1, -0.05) is 33.9 Å². The molecule has 2 aromatic rings. The highest BCUT2D eigenvalue weighted by Gasteiger charge is 2.53. The third-order valence-electron chi connectivity index (χ3n) is 8.15. The summed E-state index contributed by atoms with van der Waals surface area (Å²) in [6, 6.07) is 3.45. The number of rotatable bonds is 7. The summed E-state index contributed by atoms with van der Waals surface area (Å²) in [5.41, 5.74) is 5.94. The molecule has 1 aliphatic carbocycles. The maximum absolute atomic E-state index is 15.3. The van der Waals surface area contributed by atoms with Crippen LogP contribution in [-0.2, 0) is 16.7 Å². The van der Waals surface area contributed by atoms with E-state index in [1.54, 1.807) is 31.3 Å². The molecule has 8 heteroatoms. The standard InChI is InChI=1S/C27H30F2N4O.C6H12O.C2H6/c1-15(2)32-22(13-30-6)17(4)21-11-20-19(12-31-21)14-33(18(5)27(20)8-9-27)26-24(28)16(3)10-23(34-7)25(26)29;1-2-6-4-3-5-7-6;1-2/h10-13,32H,1,5,8-9,14H2,2-4,6-7H3;6H,2-5H2,1H3;1-2H3/b22-17-,30-13?;;. The number of aromatic nitrogens is 1. The predicted molar refractivity (Wildman–Crippen MR) is 174 cm³/mol. The summed E-state index contributed by atoms with van der Waals surface area (Å²) in [7, 11) is 3.09. The number of hydrogen-bond donors (Lipinski definition) is 1. The normalized spacial score (nSPS) is 18.7. The molecule has 2 fully saturated rings. The van der Waals surface area contributed by atoms with Gasteiger partial charge in [0, 0.05) is 49.4 Å². The van der Waals surface area contributed by atoms with Crippen LogP contribution < -0.4 is 15.0 Å². The van der Waals surface area contributed by atoms with Gasteiger partial charge in [-0.2, -0.15) is 0 Å². The Morgan fingerprint density at radius 2 is 1.95 bits per heavy atom. The molecule has 3 aliphatic rings. The van der Waals surface area contributed by atoms with E-state index in [2.05, 4.69) is 41.4 Å². The minimum absolute atomic E-state index is 0.0155. The summed E-state index contributed by atoms with van der Waals surface area (Å²) in [6.07, 6.45) is 9.63. The molecule has 1 N–H and O–H groups in total. The highest BCUT2D eigenvalue weighted by Crippen LogP contribution is 2.59. The van der Waals surface area contributed by atoms with Crippen LogP contribution in [0.25, 0.3) is 5.57 Å². The lowest BCUT2D eigenvalue weighted by atomic mass is 9.84. The number of halogens is 2. The fourth-order valence-corrected chi connectivity index (χ4v) is 5.63. The topological polar surface area (TPSA) is 59.0 Å². The van der Waals surface area contributed by atoms with Gasteiger partial charge in [0.05, 0.1) is 24.6 Å². The molecule has 2 aliphatic heterocycles. The Labute approximate surface area is 256 Å². The minimum atomic E-state index is -0.719. The van der Waals surface area contributed by atoms with Crippen LogP contribution in [0.3, 0.4) is 0 Å². The van der Waals surface area contributed by atoms with Crippen molar-refractivity contribution in [3.8, 4) is 5.75 Å². The molecular formula is C35H48F2N4O2. The molecule has 43 heavy (non-hydrogen) atoms. The smallest absolute Gasteiger partial charge is 0.191 e. The minimum Gasteiger partial charge on any atom is -0.494 e. The van der Waals surface area contributed by atoms with Crippen molar-refractivity contribution in [3.05, 3.63) is 82.6 Å². The summed E-state index contributed by atoms with van der Waals surface area (Å²) in [5, 5.41) is 3.24. The Kier molecular flexibility index (Phi) is 11.7. The highest BCUT2D eigenvalue weighted by atomic mass is 19.1. The molecule has 1 atom stereocenters. The van der Waals surface area contributed by atoms with E-state index >= 15 is 8.78 Å². The van der Waals surface area contributed by atoms with Gasteiger partial charge >= 0.3 is 0 Å². The SMILES string of the molecule is C=C(C)N/C(C=NC)=C(/C)c1cc2c(cn1)CN(c1c(F)c(C)cc(OC)c1F)C(=C)C21CC1.CC.CCC1CCCO1. The molecule has 1 aromatic heterocycles. The summed E-state index contributed by atoms with van der Waals surface area (Å²) >= 11 is 0. The molecule has 1 saturated heterocycles. The van der Waals surface area contributed by atoms with Gasteiger partial charge in [0.2, 0.25) is 0 Å². The molecule has 3 heterocycles. The molecular weight excluding hydrogens is 546 g/mol. The van der Waals surface area contributed by atoms with Gasteiger partial charge in [0.25, 0.3) is 0 Å². The first-order valence-electron chi connectivity index (χ1n) is 15.2. The lowest BCUT2D eigenvalue weighted by molar-refractivity contribution is 0.108. The molecule has 1 spiro atoms. The van der Waals surface area contributed by atoms with Gasteiger partial charge in [0.1, 0.15) is 5.69 Å². The lowest BCUT2D eigenvalue weighted by Gasteiger charge is -2.39. The highest BCUT2D eigenvalue weighted by molar-refractivity contribution is 5.89. The number of methoxy groups -OCH3 is 1. The molecule has 0 bridgehead atoms. The Morgan fingerprint density at radius 3 is 2.47 bits per heavy atom. The van der Waals surface area contributed by atoms with Gasteiger partial charge in [-0.15, -0.1) is 0 Å². The van der Waals surface area contributed by atoms with Crippen LogP contribution in [0.15, 0.2) is 53.6 Å². The van der Waals surface area contributed by atoms with E-state index < -0.39 is 11.6 Å². The summed E-state index contributed by atoms with van der Waals surface area (Å²) in [5.74, 6) is -1.30. The Bertz CT molecular complexity index is 1390. The Hall–Kier alpha value is -3.52. The molecule has 1 unspecified atom stereocenters. The number of allylic oxidation sites excluding steroid dienone is 4. The van der Waals surface area contributed by atoms with Crippen LogP contribution in [-0.4, -0.2) is 38.1 Å². The van der Waals surface area contributed by atoms with Crippen molar-refractivity contribution in [3.63, 3.8) is 0 Å². The molecule has 0 radical (unpaired) electrons. The fourth-order valence-electron chi connectivity index (χ4n) is 5.63. The monoisotopic (exact) mass is 594 g/mol. The summed E-state index contributed by atoms with van der Waals surface area (Å²) in [4.78, 5) is 10.5.